The fourth-order valence-corrected chi connectivity index (χ4v) is 2.08. The summed E-state index contributed by atoms with van der Waals surface area (Å²) in [7, 11) is -2.39. The standard InChI is InChI=1S/C9H11ClNO2P.Na/c10-9-3-1-7(2-4-9)8(5-11)6-14(12)13;/h1-4,8H,5-6,11H2;/q;+1. The van der Waals surface area contributed by atoms with E-state index in [2.05, 4.69) is 0 Å². The molecule has 0 heterocycles. The molecule has 0 aromatic heterocycles. The van der Waals surface area contributed by atoms with Crippen molar-refractivity contribution in [1.82, 2.24) is 0 Å². The largest absolute Gasteiger partial charge is 1.00 e. The van der Waals surface area contributed by atoms with E-state index in [0.29, 0.717) is 11.6 Å². The Morgan fingerprint density at radius 3 is 2.33 bits per heavy atom. The molecule has 0 saturated carbocycles. The Balaban J connectivity index is 0.00000196. The quantitative estimate of drug-likeness (QED) is 0.525. The molecule has 15 heavy (non-hydrogen) atoms. The summed E-state index contributed by atoms with van der Waals surface area (Å²) >= 11 is 5.71. The molecular weight excluding hydrogens is 244 g/mol. The maximum Gasteiger partial charge on any atom is 1.00 e. The molecule has 0 aliphatic heterocycles. The van der Waals surface area contributed by atoms with Crippen molar-refractivity contribution in [2.45, 2.75) is 5.92 Å². The Morgan fingerprint density at radius 2 is 1.93 bits per heavy atom. The second kappa shape index (κ2) is 7.75. The number of rotatable bonds is 4. The number of nitrogens with two attached hydrogens (primary N) is 1. The van der Waals surface area contributed by atoms with E-state index >= 15 is 0 Å². The first-order valence-corrected chi connectivity index (χ1v) is 5.95. The fourth-order valence-electron chi connectivity index (χ4n) is 1.23. The number of benzene rings is 1. The third-order valence-corrected chi connectivity index (χ3v) is 2.99. The summed E-state index contributed by atoms with van der Waals surface area (Å²) in [6.45, 7) is 0.324. The van der Waals surface area contributed by atoms with Crippen molar-refractivity contribution < 1.29 is 39.0 Å². The van der Waals surface area contributed by atoms with Crippen LogP contribution in [0.5, 0.6) is 0 Å². The summed E-state index contributed by atoms with van der Waals surface area (Å²) in [5, 5.41) is 0.635. The van der Waals surface area contributed by atoms with E-state index < -0.39 is 8.03 Å². The van der Waals surface area contributed by atoms with Crippen LogP contribution in [0.15, 0.2) is 24.3 Å². The number of hydrogen-bond donors (Lipinski definition) is 1. The molecule has 0 bridgehead atoms. The Labute approximate surface area is 117 Å². The fraction of sp³-hybridized carbons (Fsp3) is 0.333. The third kappa shape index (κ3) is 5.41. The Bertz CT molecular complexity index is 320. The molecule has 2 atom stereocenters. The van der Waals surface area contributed by atoms with Crippen molar-refractivity contribution in [3.05, 3.63) is 34.9 Å². The molecule has 0 fully saturated rings. The molecule has 0 aliphatic rings. The minimum atomic E-state index is -2.39. The van der Waals surface area contributed by atoms with Crippen LogP contribution < -0.4 is 40.2 Å². The van der Waals surface area contributed by atoms with Gasteiger partial charge >= 0.3 is 37.6 Å². The van der Waals surface area contributed by atoms with Crippen LogP contribution >= 0.6 is 19.6 Å². The van der Waals surface area contributed by atoms with E-state index in [4.69, 9.17) is 17.3 Å². The summed E-state index contributed by atoms with van der Waals surface area (Å²) < 4.78 is 10.6. The van der Waals surface area contributed by atoms with Crippen molar-refractivity contribution in [3.8, 4) is 0 Å². The summed E-state index contributed by atoms with van der Waals surface area (Å²) in [5.74, 6) is -0.131. The Morgan fingerprint density at radius 1 is 1.40 bits per heavy atom. The minimum Gasteiger partial charge on any atom is -0.596 e. The SMILES string of the molecule is NCC(C[P+](=O)[O-])c1ccc(Cl)cc1.[Na+]. The second-order valence-electron chi connectivity index (χ2n) is 3.00. The molecule has 2 N–H and O–H groups in total. The molecular formula is C9H11ClNNaO2P+. The molecule has 76 valence electrons. The molecule has 1 rings (SSSR count). The monoisotopic (exact) mass is 254 g/mol. The molecule has 0 aliphatic carbocycles. The van der Waals surface area contributed by atoms with Gasteiger partial charge in [-0.3, -0.25) is 0 Å². The van der Waals surface area contributed by atoms with E-state index in [9.17, 15) is 9.46 Å². The van der Waals surface area contributed by atoms with Crippen LogP contribution in [0.3, 0.4) is 0 Å². The van der Waals surface area contributed by atoms with E-state index in [1.807, 2.05) is 0 Å². The summed E-state index contributed by atoms with van der Waals surface area (Å²) in [4.78, 5) is 10.6. The maximum absolute atomic E-state index is 10.6. The van der Waals surface area contributed by atoms with Crippen LogP contribution in [-0.2, 0) is 4.57 Å². The Hall–Kier alpha value is 0.530. The summed E-state index contributed by atoms with van der Waals surface area (Å²) in [5.41, 5.74) is 6.40. The molecule has 1 aromatic rings. The van der Waals surface area contributed by atoms with E-state index in [1.54, 1.807) is 24.3 Å². The van der Waals surface area contributed by atoms with E-state index in [1.165, 1.54) is 0 Å². The zero-order valence-electron chi connectivity index (χ0n) is 8.52. The molecule has 2 unspecified atom stereocenters. The molecule has 0 spiro atoms. The zero-order valence-corrected chi connectivity index (χ0v) is 12.2. The van der Waals surface area contributed by atoms with Crippen LogP contribution in [-0.4, -0.2) is 12.7 Å². The van der Waals surface area contributed by atoms with Crippen LogP contribution in [0.1, 0.15) is 11.5 Å². The van der Waals surface area contributed by atoms with Gasteiger partial charge in [-0.05, 0) is 17.7 Å². The van der Waals surface area contributed by atoms with Crippen molar-refractivity contribution >= 4 is 19.6 Å². The van der Waals surface area contributed by atoms with Gasteiger partial charge < -0.3 is 10.6 Å². The van der Waals surface area contributed by atoms with Crippen LogP contribution in [0, 0.1) is 0 Å². The topological polar surface area (TPSA) is 66.2 Å². The average molecular weight is 255 g/mol. The first kappa shape index (κ1) is 15.5. The van der Waals surface area contributed by atoms with Gasteiger partial charge in [-0.15, -0.1) is 0 Å². The smallest absolute Gasteiger partial charge is 0.596 e. The number of hydrogen-bond acceptors (Lipinski definition) is 3. The summed E-state index contributed by atoms with van der Waals surface area (Å²) in [6.07, 6.45) is 0.0907. The summed E-state index contributed by atoms with van der Waals surface area (Å²) in [6, 6.07) is 7.08. The van der Waals surface area contributed by atoms with Crippen molar-refractivity contribution in [3.63, 3.8) is 0 Å². The second-order valence-corrected chi connectivity index (χ2v) is 4.47. The first-order valence-electron chi connectivity index (χ1n) is 4.21. The predicted molar refractivity (Wildman–Crippen MR) is 55.7 cm³/mol. The van der Waals surface area contributed by atoms with Crippen molar-refractivity contribution in [2.24, 2.45) is 5.73 Å². The van der Waals surface area contributed by atoms with Gasteiger partial charge in [-0.1, -0.05) is 28.3 Å². The van der Waals surface area contributed by atoms with Gasteiger partial charge in [-0.25, -0.2) is 0 Å². The van der Waals surface area contributed by atoms with Crippen LogP contribution in [0.25, 0.3) is 0 Å². The predicted octanol–water partition coefficient (Wildman–Crippen LogP) is -1.51. The van der Waals surface area contributed by atoms with Gasteiger partial charge in [0.2, 0.25) is 0 Å². The maximum atomic E-state index is 10.6. The van der Waals surface area contributed by atoms with Gasteiger partial charge in [0.1, 0.15) is 0 Å². The Kier molecular flexibility index (Phi) is 8.02. The van der Waals surface area contributed by atoms with Gasteiger partial charge in [0, 0.05) is 17.5 Å². The molecule has 0 radical (unpaired) electrons. The van der Waals surface area contributed by atoms with Gasteiger partial charge in [0.05, 0.1) is 0 Å². The molecule has 0 amide bonds. The minimum absolute atomic E-state index is 0. The molecule has 0 saturated heterocycles. The number of halogens is 1. The van der Waals surface area contributed by atoms with Crippen LogP contribution in [0.4, 0.5) is 0 Å². The van der Waals surface area contributed by atoms with Gasteiger partial charge in [0.25, 0.3) is 0 Å². The van der Waals surface area contributed by atoms with Crippen LogP contribution in [0.2, 0.25) is 5.02 Å². The molecule has 1 aromatic carbocycles. The normalized spacial score (nSPS) is 12.9. The molecule has 6 heteroatoms. The average Bonchev–Trinajstić information content (AvgIpc) is 2.15. The zero-order chi connectivity index (χ0) is 10.6. The third-order valence-electron chi connectivity index (χ3n) is 2.00. The van der Waals surface area contributed by atoms with Crippen molar-refractivity contribution in [2.75, 3.05) is 12.7 Å². The van der Waals surface area contributed by atoms with E-state index in [-0.39, 0.29) is 41.6 Å². The molecule has 3 nitrogen and oxygen atoms in total. The van der Waals surface area contributed by atoms with E-state index in [0.717, 1.165) is 5.56 Å². The van der Waals surface area contributed by atoms with Gasteiger partial charge in [0.15, 0.2) is 6.16 Å². The van der Waals surface area contributed by atoms with Crippen molar-refractivity contribution in [1.29, 1.82) is 0 Å². The first-order chi connectivity index (χ1) is 6.63. The van der Waals surface area contributed by atoms with Gasteiger partial charge in [-0.2, -0.15) is 0 Å².